The first-order chi connectivity index (χ1) is 14.3. The SMILES string of the molecule is O=C(NCc1ccco1)N1Cc2ccccc2-n2cccc2C1c1ccccc1. The van der Waals surface area contributed by atoms with Crippen LogP contribution in [0, 0.1) is 0 Å². The highest BCUT2D eigenvalue weighted by Gasteiger charge is 2.32. The number of fused-ring (bicyclic) bond motifs is 3. The van der Waals surface area contributed by atoms with E-state index >= 15 is 0 Å². The lowest BCUT2D eigenvalue weighted by atomic mass is 10.0. The third kappa shape index (κ3) is 3.21. The molecule has 1 N–H and O–H groups in total. The Morgan fingerprint density at radius 3 is 2.62 bits per heavy atom. The van der Waals surface area contributed by atoms with Crippen molar-refractivity contribution in [1.82, 2.24) is 14.8 Å². The molecule has 0 radical (unpaired) electrons. The normalized spacial score (nSPS) is 15.3. The van der Waals surface area contributed by atoms with Gasteiger partial charge in [-0.1, -0.05) is 48.5 Å². The van der Waals surface area contributed by atoms with Gasteiger partial charge in [-0.3, -0.25) is 0 Å². The number of benzene rings is 2. The maximum Gasteiger partial charge on any atom is 0.318 e. The molecule has 1 unspecified atom stereocenters. The topological polar surface area (TPSA) is 50.4 Å². The van der Waals surface area contributed by atoms with Crippen molar-refractivity contribution in [1.29, 1.82) is 0 Å². The number of carbonyl (C=O) groups is 1. The van der Waals surface area contributed by atoms with E-state index in [4.69, 9.17) is 4.42 Å². The second kappa shape index (κ2) is 7.36. The molecule has 2 aromatic heterocycles. The van der Waals surface area contributed by atoms with Crippen LogP contribution in [-0.4, -0.2) is 15.5 Å². The van der Waals surface area contributed by atoms with Crippen molar-refractivity contribution >= 4 is 6.03 Å². The summed E-state index contributed by atoms with van der Waals surface area (Å²) in [6, 6.07) is 25.9. The second-order valence-electron chi connectivity index (χ2n) is 7.11. The number of para-hydroxylation sites is 1. The Labute approximate surface area is 169 Å². The fourth-order valence-corrected chi connectivity index (χ4v) is 4.00. The monoisotopic (exact) mass is 383 g/mol. The summed E-state index contributed by atoms with van der Waals surface area (Å²) in [5.41, 5.74) is 4.36. The van der Waals surface area contributed by atoms with Crippen LogP contribution in [0.15, 0.2) is 95.7 Å². The molecule has 29 heavy (non-hydrogen) atoms. The summed E-state index contributed by atoms with van der Waals surface area (Å²) in [6.45, 7) is 0.869. The third-order valence-corrected chi connectivity index (χ3v) is 5.33. The molecule has 4 aromatic rings. The first kappa shape index (κ1) is 17.4. The Bertz CT molecular complexity index is 1120. The van der Waals surface area contributed by atoms with Gasteiger partial charge in [0.25, 0.3) is 0 Å². The molecule has 0 aliphatic carbocycles. The van der Waals surface area contributed by atoms with Crippen LogP contribution in [0.25, 0.3) is 5.69 Å². The average Bonchev–Trinajstić information content (AvgIpc) is 3.43. The molecule has 0 spiro atoms. The van der Waals surface area contributed by atoms with E-state index in [1.807, 2.05) is 53.4 Å². The summed E-state index contributed by atoms with van der Waals surface area (Å²) in [5, 5.41) is 3.02. The lowest BCUT2D eigenvalue weighted by Gasteiger charge is -2.31. The zero-order valence-electron chi connectivity index (χ0n) is 15.9. The molecule has 1 atom stereocenters. The maximum atomic E-state index is 13.3. The quantitative estimate of drug-likeness (QED) is 0.548. The highest BCUT2D eigenvalue weighted by Crippen LogP contribution is 2.36. The van der Waals surface area contributed by atoms with Crippen molar-refractivity contribution in [3.63, 3.8) is 0 Å². The second-order valence-corrected chi connectivity index (χ2v) is 7.11. The van der Waals surface area contributed by atoms with Crippen LogP contribution in [0.5, 0.6) is 0 Å². The van der Waals surface area contributed by atoms with Crippen LogP contribution in [0.2, 0.25) is 0 Å². The minimum atomic E-state index is -0.199. The Morgan fingerprint density at radius 2 is 1.79 bits per heavy atom. The third-order valence-electron chi connectivity index (χ3n) is 5.33. The number of nitrogens with one attached hydrogen (secondary N) is 1. The standard InChI is InChI=1S/C24H21N3O2/c28-24(25-16-20-11-7-15-29-20)27-17-19-10-4-5-12-21(19)26-14-6-13-22(26)23(27)18-8-2-1-3-9-18/h1-15,23H,16-17H2,(H,25,28). The predicted molar refractivity (Wildman–Crippen MR) is 111 cm³/mol. The molecule has 2 aromatic carbocycles. The van der Waals surface area contributed by atoms with Crippen molar-refractivity contribution in [2.45, 2.75) is 19.1 Å². The smallest absolute Gasteiger partial charge is 0.318 e. The molecule has 144 valence electrons. The van der Waals surface area contributed by atoms with Gasteiger partial charge >= 0.3 is 6.03 Å². The van der Waals surface area contributed by atoms with E-state index < -0.39 is 0 Å². The predicted octanol–water partition coefficient (Wildman–Crippen LogP) is 4.89. The molecule has 0 saturated heterocycles. The number of furan rings is 1. The number of carbonyl (C=O) groups excluding carboxylic acids is 1. The molecule has 5 nitrogen and oxygen atoms in total. The van der Waals surface area contributed by atoms with Gasteiger partial charge in [0.05, 0.1) is 31.1 Å². The van der Waals surface area contributed by atoms with Gasteiger partial charge in [-0.05, 0) is 41.5 Å². The molecular formula is C24H21N3O2. The van der Waals surface area contributed by atoms with Crippen LogP contribution in [0.1, 0.15) is 28.6 Å². The fraction of sp³-hybridized carbons (Fsp3) is 0.125. The molecule has 1 aliphatic rings. The van der Waals surface area contributed by atoms with Gasteiger partial charge in [-0.15, -0.1) is 0 Å². The minimum absolute atomic E-state index is 0.125. The van der Waals surface area contributed by atoms with Crippen molar-refractivity contribution in [3.8, 4) is 5.69 Å². The molecule has 0 saturated carbocycles. The largest absolute Gasteiger partial charge is 0.467 e. The first-order valence-electron chi connectivity index (χ1n) is 9.68. The number of amides is 2. The van der Waals surface area contributed by atoms with E-state index in [0.29, 0.717) is 13.1 Å². The zero-order valence-corrected chi connectivity index (χ0v) is 15.9. The van der Waals surface area contributed by atoms with Crippen molar-refractivity contribution in [2.75, 3.05) is 0 Å². The minimum Gasteiger partial charge on any atom is -0.467 e. The van der Waals surface area contributed by atoms with E-state index in [9.17, 15) is 4.79 Å². The van der Waals surface area contributed by atoms with Crippen molar-refractivity contribution < 1.29 is 9.21 Å². The van der Waals surface area contributed by atoms with Crippen LogP contribution in [-0.2, 0) is 13.1 Å². The van der Waals surface area contributed by atoms with Crippen LogP contribution >= 0.6 is 0 Å². The molecule has 1 aliphatic heterocycles. The van der Waals surface area contributed by atoms with E-state index in [2.05, 4.69) is 46.4 Å². The average molecular weight is 383 g/mol. The summed E-state index contributed by atoms with van der Waals surface area (Å²) < 4.78 is 7.56. The summed E-state index contributed by atoms with van der Waals surface area (Å²) >= 11 is 0. The highest BCUT2D eigenvalue weighted by atomic mass is 16.3. The first-order valence-corrected chi connectivity index (χ1v) is 9.68. The number of hydrogen-bond donors (Lipinski definition) is 1. The van der Waals surface area contributed by atoms with E-state index in [-0.39, 0.29) is 12.1 Å². The summed E-state index contributed by atoms with van der Waals surface area (Å²) in [4.78, 5) is 15.2. The molecule has 5 heteroatoms. The molecular weight excluding hydrogens is 362 g/mol. The Kier molecular flexibility index (Phi) is 4.41. The Hall–Kier alpha value is -3.73. The van der Waals surface area contributed by atoms with Crippen molar-refractivity contribution in [2.24, 2.45) is 0 Å². The van der Waals surface area contributed by atoms with Crippen molar-refractivity contribution in [3.05, 3.63) is 114 Å². The van der Waals surface area contributed by atoms with Gasteiger partial charge in [-0.25, -0.2) is 4.79 Å². The summed E-state index contributed by atoms with van der Waals surface area (Å²) in [5.74, 6) is 0.730. The van der Waals surface area contributed by atoms with Gasteiger partial charge in [-0.2, -0.15) is 0 Å². The van der Waals surface area contributed by atoms with E-state index in [0.717, 1.165) is 28.3 Å². The lowest BCUT2D eigenvalue weighted by molar-refractivity contribution is 0.179. The van der Waals surface area contributed by atoms with Gasteiger partial charge in [0, 0.05) is 11.9 Å². The maximum absolute atomic E-state index is 13.3. The Morgan fingerprint density at radius 1 is 0.966 bits per heavy atom. The van der Waals surface area contributed by atoms with Crippen LogP contribution < -0.4 is 5.32 Å². The van der Waals surface area contributed by atoms with Gasteiger partial charge in [0.15, 0.2) is 0 Å². The fourth-order valence-electron chi connectivity index (χ4n) is 4.00. The summed E-state index contributed by atoms with van der Waals surface area (Å²) in [6.07, 6.45) is 3.68. The van der Waals surface area contributed by atoms with E-state index in [1.54, 1.807) is 6.26 Å². The molecule has 2 amide bonds. The van der Waals surface area contributed by atoms with Gasteiger partial charge in [0.1, 0.15) is 5.76 Å². The molecule has 5 rings (SSSR count). The Balaban J connectivity index is 1.58. The zero-order chi connectivity index (χ0) is 19.6. The summed E-state index contributed by atoms with van der Waals surface area (Å²) in [7, 11) is 0. The number of hydrogen-bond acceptors (Lipinski definition) is 2. The molecule has 0 bridgehead atoms. The number of nitrogens with zero attached hydrogens (tertiary/aromatic N) is 2. The van der Waals surface area contributed by atoms with Crippen LogP contribution in [0.4, 0.5) is 4.79 Å². The highest BCUT2D eigenvalue weighted by molar-refractivity contribution is 5.76. The van der Waals surface area contributed by atoms with E-state index in [1.165, 1.54) is 0 Å². The number of aromatic nitrogens is 1. The number of urea groups is 1. The lowest BCUT2D eigenvalue weighted by Crippen LogP contribution is -2.41. The van der Waals surface area contributed by atoms with Gasteiger partial charge < -0.3 is 19.2 Å². The molecule has 0 fully saturated rings. The number of rotatable bonds is 3. The van der Waals surface area contributed by atoms with Gasteiger partial charge in [0.2, 0.25) is 0 Å². The molecule has 3 heterocycles. The van der Waals surface area contributed by atoms with Crippen LogP contribution in [0.3, 0.4) is 0 Å².